The molecule has 5 rings (SSSR count). The number of carbonyl (C=O) groups excluding carboxylic acids is 3. The van der Waals surface area contributed by atoms with E-state index >= 15 is 0 Å². The average molecular weight is 472 g/mol. The molecule has 0 bridgehead atoms. The Kier molecular flexibility index (Phi) is 5.13. The van der Waals surface area contributed by atoms with Crippen molar-refractivity contribution in [3.63, 3.8) is 0 Å². The van der Waals surface area contributed by atoms with Gasteiger partial charge in [0.05, 0.1) is 0 Å². The van der Waals surface area contributed by atoms with Crippen LogP contribution in [0.1, 0.15) is 73.6 Å². The van der Waals surface area contributed by atoms with Gasteiger partial charge in [0.25, 0.3) is 0 Å². The smallest absolute Gasteiger partial charge is 0.331 e. The molecule has 3 aliphatic carbocycles. The molecule has 2 aliphatic heterocycles. The summed E-state index contributed by atoms with van der Waals surface area (Å²) in [4.78, 5) is 42.7. The van der Waals surface area contributed by atoms with Crippen LogP contribution in [0.2, 0.25) is 0 Å². The topological polar surface area (TPSA) is 91.3 Å². The van der Waals surface area contributed by atoms with Gasteiger partial charge < -0.3 is 14.2 Å². The number of esters is 2. The van der Waals surface area contributed by atoms with E-state index in [1.54, 1.807) is 6.08 Å². The second-order valence-corrected chi connectivity index (χ2v) is 12.4. The molecule has 0 saturated heterocycles. The first-order valence-electron chi connectivity index (χ1n) is 12.6. The van der Waals surface area contributed by atoms with E-state index in [0.717, 1.165) is 24.8 Å². The third-order valence-electron chi connectivity index (χ3n) is 10.4. The highest BCUT2D eigenvalue weighted by atomic mass is 16.6. The second-order valence-electron chi connectivity index (χ2n) is 12.4. The summed E-state index contributed by atoms with van der Waals surface area (Å²) in [5.41, 5.74) is -0.541. The largest absolute Gasteiger partial charge is 0.481 e. The molecule has 186 valence electrons. The molecular weight excluding hydrogens is 434 g/mol. The standard InChI is InChI=1S/C27H37NO6/c1-15(29)33-21-11-18-24(2,3)20(30)8-10-25(18,4)17-7-9-26(5)19(27(17,21)6)12-22(31)34-23(26)16-13-32-14-28-16/h12,14,16-18,21,23H,7-11,13H2,1-6H3. The highest BCUT2D eigenvalue weighted by Crippen LogP contribution is 2.71. The Bertz CT molecular complexity index is 999. The van der Waals surface area contributed by atoms with Gasteiger partial charge >= 0.3 is 11.9 Å². The molecule has 0 aromatic rings. The van der Waals surface area contributed by atoms with E-state index < -0.39 is 28.5 Å². The summed E-state index contributed by atoms with van der Waals surface area (Å²) in [5.74, 6) is -0.127. The van der Waals surface area contributed by atoms with Gasteiger partial charge in [0.1, 0.15) is 30.6 Å². The first-order valence-corrected chi connectivity index (χ1v) is 12.6. The minimum absolute atomic E-state index is 0.101. The van der Waals surface area contributed by atoms with Gasteiger partial charge in [-0.05, 0) is 48.5 Å². The maximum absolute atomic E-state index is 13.0. The molecule has 0 N–H and O–H groups in total. The lowest BCUT2D eigenvalue weighted by Crippen LogP contribution is -2.67. The second kappa shape index (κ2) is 7.41. The molecule has 3 fully saturated rings. The highest BCUT2D eigenvalue weighted by molar-refractivity contribution is 5.86. The number of aliphatic imine (C=N–C) groups is 1. The van der Waals surface area contributed by atoms with Crippen molar-refractivity contribution in [1.82, 2.24) is 0 Å². The van der Waals surface area contributed by atoms with Crippen LogP contribution in [0, 0.1) is 33.5 Å². The third kappa shape index (κ3) is 3.00. The van der Waals surface area contributed by atoms with Crippen LogP contribution in [-0.2, 0) is 28.6 Å². The Morgan fingerprint density at radius 1 is 1.12 bits per heavy atom. The van der Waals surface area contributed by atoms with Gasteiger partial charge in [-0.3, -0.25) is 9.59 Å². The molecule has 0 radical (unpaired) electrons. The average Bonchev–Trinajstić information content (AvgIpc) is 3.28. The van der Waals surface area contributed by atoms with Crippen LogP contribution >= 0.6 is 0 Å². The molecule has 7 nitrogen and oxygen atoms in total. The molecule has 3 saturated carbocycles. The summed E-state index contributed by atoms with van der Waals surface area (Å²) < 4.78 is 17.4. The minimum atomic E-state index is -0.540. The molecule has 8 atom stereocenters. The van der Waals surface area contributed by atoms with Gasteiger partial charge in [0, 0.05) is 35.7 Å². The third-order valence-corrected chi connectivity index (χ3v) is 10.4. The predicted octanol–water partition coefficient (Wildman–Crippen LogP) is 4.03. The summed E-state index contributed by atoms with van der Waals surface area (Å²) >= 11 is 0. The fourth-order valence-electron chi connectivity index (χ4n) is 8.80. The number of carbonyl (C=O) groups is 3. The Morgan fingerprint density at radius 3 is 2.50 bits per heavy atom. The van der Waals surface area contributed by atoms with Crippen molar-refractivity contribution in [2.24, 2.45) is 38.5 Å². The fourth-order valence-corrected chi connectivity index (χ4v) is 8.80. The molecule has 5 aliphatic rings. The summed E-state index contributed by atoms with van der Waals surface area (Å²) in [7, 11) is 0. The summed E-state index contributed by atoms with van der Waals surface area (Å²) in [6.07, 6.45) is 6.02. The van der Waals surface area contributed by atoms with Gasteiger partial charge in [0.2, 0.25) is 0 Å². The number of nitrogens with zero attached hydrogens (tertiary/aromatic N) is 1. The number of Topliss-reactive ketones (excluding diaryl/α,β-unsaturated/α-hetero) is 1. The van der Waals surface area contributed by atoms with Gasteiger partial charge in [-0.2, -0.15) is 0 Å². The first-order chi connectivity index (χ1) is 15.8. The van der Waals surface area contributed by atoms with E-state index in [2.05, 4.69) is 39.6 Å². The van der Waals surface area contributed by atoms with E-state index in [0.29, 0.717) is 25.2 Å². The van der Waals surface area contributed by atoms with Crippen LogP contribution < -0.4 is 0 Å². The highest BCUT2D eigenvalue weighted by Gasteiger charge is 2.70. The zero-order valence-electron chi connectivity index (χ0n) is 21.2. The molecule has 34 heavy (non-hydrogen) atoms. The van der Waals surface area contributed by atoms with Gasteiger partial charge in [-0.1, -0.05) is 34.6 Å². The van der Waals surface area contributed by atoms with Crippen molar-refractivity contribution < 1.29 is 28.6 Å². The monoisotopic (exact) mass is 471 g/mol. The Balaban J connectivity index is 1.65. The summed E-state index contributed by atoms with van der Waals surface area (Å²) in [6.45, 7) is 12.6. The number of hydrogen-bond acceptors (Lipinski definition) is 7. The van der Waals surface area contributed by atoms with Crippen LogP contribution in [0.3, 0.4) is 0 Å². The fraction of sp³-hybridized carbons (Fsp3) is 0.778. The van der Waals surface area contributed by atoms with Crippen molar-refractivity contribution >= 4 is 24.1 Å². The van der Waals surface area contributed by atoms with Crippen LogP contribution in [0.15, 0.2) is 16.6 Å². The Morgan fingerprint density at radius 2 is 1.85 bits per heavy atom. The molecule has 0 amide bonds. The predicted molar refractivity (Wildman–Crippen MR) is 125 cm³/mol. The maximum atomic E-state index is 13.0. The Labute approximate surface area is 201 Å². The molecule has 8 unspecified atom stereocenters. The van der Waals surface area contributed by atoms with Crippen molar-refractivity contribution in [1.29, 1.82) is 0 Å². The zero-order chi connectivity index (χ0) is 24.7. The molecule has 0 spiro atoms. The quantitative estimate of drug-likeness (QED) is 0.565. The van der Waals surface area contributed by atoms with Crippen LogP contribution in [-0.4, -0.2) is 49.0 Å². The number of ether oxygens (including phenoxy) is 3. The van der Waals surface area contributed by atoms with Crippen molar-refractivity contribution in [3.05, 3.63) is 11.6 Å². The van der Waals surface area contributed by atoms with E-state index in [1.807, 2.05) is 0 Å². The normalized spacial score (nSPS) is 46.9. The molecular formula is C27H37NO6. The Hall–Kier alpha value is -2.18. The van der Waals surface area contributed by atoms with Crippen molar-refractivity contribution in [2.75, 3.05) is 6.61 Å². The van der Waals surface area contributed by atoms with E-state index in [9.17, 15) is 14.4 Å². The van der Waals surface area contributed by atoms with E-state index in [4.69, 9.17) is 14.2 Å². The SMILES string of the molecule is CC(=O)OC1CC2C(C)(C)C(=O)CCC2(C)C2CCC3(C)C(=CC(=O)OC3C3COC=N3)C12C. The number of ketones is 1. The lowest BCUT2D eigenvalue weighted by atomic mass is 9.37. The van der Waals surface area contributed by atoms with Crippen LogP contribution in [0.5, 0.6) is 0 Å². The molecule has 0 aromatic carbocycles. The zero-order valence-corrected chi connectivity index (χ0v) is 21.2. The number of hydrogen-bond donors (Lipinski definition) is 0. The number of fused-ring (bicyclic) bond motifs is 5. The number of rotatable bonds is 2. The summed E-state index contributed by atoms with van der Waals surface area (Å²) in [5, 5.41) is 0. The van der Waals surface area contributed by atoms with E-state index in [-0.39, 0.29) is 35.2 Å². The minimum Gasteiger partial charge on any atom is -0.481 e. The lowest BCUT2D eigenvalue weighted by molar-refractivity contribution is -0.211. The van der Waals surface area contributed by atoms with Crippen LogP contribution in [0.25, 0.3) is 0 Å². The molecule has 7 heteroatoms. The molecule has 0 aromatic heterocycles. The number of cyclic esters (lactones) is 1. The summed E-state index contributed by atoms with van der Waals surface area (Å²) in [6, 6.07) is -0.247. The molecule has 2 heterocycles. The van der Waals surface area contributed by atoms with Gasteiger partial charge in [0.15, 0.2) is 6.40 Å². The lowest BCUT2D eigenvalue weighted by Gasteiger charge is -2.68. The maximum Gasteiger partial charge on any atom is 0.331 e. The van der Waals surface area contributed by atoms with Gasteiger partial charge in [-0.25, -0.2) is 9.79 Å². The van der Waals surface area contributed by atoms with Crippen molar-refractivity contribution in [2.45, 2.75) is 91.9 Å². The van der Waals surface area contributed by atoms with Crippen LogP contribution in [0.4, 0.5) is 0 Å². The van der Waals surface area contributed by atoms with Crippen molar-refractivity contribution in [3.8, 4) is 0 Å². The van der Waals surface area contributed by atoms with Gasteiger partial charge in [-0.15, -0.1) is 0 Å². The first kappa shape index (κ1) is 23.6. The van der Waals surface area contributed by atoms with E-state index in [1.165, 1.54) is 13.3 Å².